The smallest absolute Gasteiger partial charge is 0.295 e. The number of thioether (sulfide) groups is 1. The lowest BCUT2D eigenvalue weighted by Crippen LogP contribution is -2.23. The van der Waals surface area contributed by atoms with E-state index in [1.807, 2.05) is 30.3 Å². The van der Waals surface area contributed by atoms with Gasteiger partial charge in [-0.1, -0.05) is 54.3 Å². The molecular formula is C23H20N4O3S2. The first kappa shape index (κ1) is 21.8. The lowest BCUT2D eigenvalue weighted by molar-refractivity contribution is -0.121. The van der Waals surface area contributed by atoms with Crippen LogP contribution in [0.5, 0.6) is 0 Å². The topological polar surface area (TPSA) is 76.3 Å². The van der Waals surface area contributed by atoms with Crippen LogP contribution in [0.15, 0.2) is 64.3 Å². The Kier molecular flexibility index (Phi) is 5.86. The number of rotatable bonds is 4. The van der Waals surface area contributed by atoms with Crippen molar-refractivity contribution in [1.29, 1.82) is 0 Å². The molecule has 0 bridgehead atoms. The maximum absolute atomic E-state index is 13.0. The number of amides is 2. The number of likely N-dealkylation sites (N-methyl/N-ethyl adjacent to an activating group) is 1. The minimum atomic E-state index is -0.387. The number of aromatic nitrogens is 2. The number of carbonyl (C=O) groups excluding carboxylic acids is 2. The zero-order chi connectivity index (χ0) is 23.0. The predicted octanol–water partition coefficient (Wildman–Crippen LogP) is 3.57. The van der Waals surface area contributed by atoms with Crippen LogP contribution in [0, 0.1) is 6.92 Å². The molecule has 4 rings (SSSR count). The first-order valence-corrected chi connectivity index (χ1v) is 11.0. The third-order valence-corrected chi connectivity index (χ3v) is 6.73. The van der Waals surface area contributed by atoms with Crippen LogP contribution in [-0.4, -0.2) is 37.4 Å². The summed E-state index contributed by atoms with van der Waals surface area (Å²) >= 11 is 6.38. The van der Waals surface area contributed by atoms with Crippen molar-refractivity contribution in [3.63, 3.8) is 0 Å². The Morgan fingerprint density at radius 1 is 1.03 bits per heavy atom. The molecule has 32 heavy (non-hydrogen) atoms. The number of nitrogens with one attached hydrogen (secondary N) is 1. The maximum Gasteiger partial charge on any atom is 0.295 e. The monoisotopic (exact) mass is 464 g/mol. The van der Waals surface area contributed by atoms with Gasteiger partial charge in [0.1, 0.15) is 10.0 Å². The van der Waals surface area contributed by atoms with Gasteiger partial charge in [0.15, 0.2) is 0 Å². The van der Waals surface area contributed by atoms with Crippen LogP contribution in [0.25, 0.3) is 11.8 Å². The van der Waals surface area contributed by atoms with Crippen LogP contribution in [-0.2, 0) is 11.8 Å². The largest absolute Gasteiger partial charge is 0.316 e. The molecule has 0 unspecified atom stereocenters. The number of anilines is 1. The maximum atomic E-state index is 13.0. The second kappa shape index (κ2) is 8.60. The van der Waals surface area contributed by atoms with Gasteiger partial charge in [-0.25, -0.2) is 4.68 Å². The summed E-state index contributed by atoms with van der Waals surface area (Å²) in [6.07, 6.45) is 1.74. The predicted molar refractivity (Wildman–Crippen MR) is 131 cm³/mol. The normalized spacial score (nSPS) is 15.0. The molecule has 1 fully saturated rings. The quantitative estimate of drug-likeness (QED) is 0.472. The van der Waals surface area contributed by atoms with Crippen molar-refractivity contribution in [2.24, 2.45) is 7.05 Å². The fraction of sp³-hybridized carbons (Fsp3) is 0.130. The molecule has 0 spiro atoms. The molecule has 9 heteroatoms. The van der Waals surface area contributed by atoms with E-state index in [9.17, 15) is 14.4 Å². The highest BCUT2D eigenvalue weighted by Gasteiger charge is 2.28. The standard InChI is InChI=1S/C23H20N4O3S2/c1-14-19(22(30)27(26(14)3)17-7-5-4-6-8-17)24-20(28)16-11-9-15(10-12-16)13-18-21(29)25(2)23(31)32-18/h4-13H,1-3H3,(H,24,28)/b18-13+. The van der Waals surface area contributed by atoms with Gasteiger partial charge in [-0.2, -0.15) is 0 Å². The fourth-order valence-electron chi connectivity index (χ4n) is 3.33. The molecule has 1 saturated heterocycles. The number of hydrogen-bond donors (Lipinski definition) is 1. The van der Waals surface area contributed by atoms with E-state index in [-0.39, 0.29) is 23.1 Å². The molecule has 2 heterocycles. The molecular weight excluding hydrogens is 444 g/mol. The van der Waals surface area contributed by atoms with Crippen molar-refractivity contribution in [2.45, 2.75) is 6.92 Å². The molecule has 0 saturated carbocycles. The van der Waals surface area contributed by atoms with Gasteiger partial charge in [0.05, 0.1) is 16.3 Å². The average molecular weight is 465 g/mol. The molecule has 2 amide bonds. The summed E-state index contributed by atoms with van der Waals surface area (Å²) in [4.78, 5) is 39.9. The summed E-state index contributed by atoms with van der Waals surface area (Å²) in [5.74, 6) is -0.529. The fourth-order valence-corrected chi connectivity index (χ4v) is 4.51. The molecule has 1 aliphatic rings. The Morgan fingerprint density at radius 2 is 1.69 bits per heavy atom. The molecule has 1 aliphatic heterocycles. The molecule has 0 aliphatic carbocycles. The van der Waals surface area contributed by atoms with Crippen LogP contribution in [0.1, 0.15) is 21.6 Å². The molecule has 2 aromatic carbocycles. The van der Waals surface area contributed by atoms with Crippen LogP contribution >= 0.6 is 24.0 Å². The van der Waals surface area contributed by atoms with Gasteiger partial charge < -0.3 is 5.32 Å². The van der Waals surface area contributed by atoms with Gasteiger partial charge in [0.2, 0.25) is 0 Å². The Balaban J connectivity index is 1.56. The lowest BCUT2D eigenvalue weighted by atomic mass is 10.1. The van der Waals surface area contributed by atoms with Crippen molar-refractivity contribution in [3.05, 3.63) is 86.7 Å². The van der Waals surface area contributed by atoms with E-state index < -0.39 is 0 Å². The first-order chi connectivity index (χ1) is 15.3. The molecule has 1 N–H and O–H groups in total. The summed E-state index contributed by atoms with van der Waals surface area (Å²) in [6, 6.07) is 16.0. The summed E-state index contributed by atoms with van der Waals surface area (Å²) in [5.41, 5.74) is 2.47. The number of benzene rings is 2. The molecule has 162 valence electrons. The molecule has 0 atom stereocenters. The second-order valence-corrected chi connectivity index (χ2v) is 8.93. The Labute approximate surface area is 194 Å². The SMILES string of the molecule is Cc1c(NC(=O)c2ccc(/C=C3/SC(=S)N(C)C3=O)cc2)c(=O)n(-c2ccccc2)n1C. The van der Waals surface area contributed by atoms with E-state index in [1.165, 1.54) is 21.3 Å². The highest BCUT2D eigenvalue weighted by atomic mass is 32.2. The average Bonchev–Trinajstić information content (AvgIpc) is 3.16. The van der Waals surface area contributed by atoms with Crippen molar-refractivity contribution < 1.29 is 9.59 Å². The van der Waals surface area contributed by atoms with Crippen LogP contribution in [0.3, 0.4) is 0 Å². The molecule has 7 nitrogen and oxygen atoms in total. The highest BCUT2D eigenvalue weighted by Crippen LogP contribution is 2.31. The van der Waals surface area contributed by atoms with Crippen molar-refractivity contribution in [3.8, 4) is 5.69 Å². The number of nitrogens with zero attached hydrogens (tertiary/aromatic N) is 3. The second-order valence-electron chi connectivity index (χ2n) is 7.25. The Bertz CT molecular complexity index is 1320. The minimum absolute atomic E-state index is 0.143. The van der Waals surface area contributed by atoms with E-state index in [1.54, 1.807) is 56.0 Å². The Morgan fingerprint density at radius 3 is 2.28 bits per heavy atom. The molecule has 1 aromatic heterocycles. The van der Waals surface area contributed by atoms with Gasteiger partial charge in [-0.15, -0.1) is 0 Å². The van der Waals surface area contributed by atoms with Crippen molar-refractivity contribution >= 4 is 51.9 Å². The van der Waals surface area contributed by atoms with Crippen LogP contribution in [0.2, 0.25) is 0 Å². The first-order valence-electron chi connectivity index (χ1n) is 9.75. The summed E-state index contributed by atoms with van der Waals surface area (Å²) in [5, 5.41) is 2.75. The van der Waals surface area contributed by atoms with Crippen molar-refractivity contribution in [2.75, 3.05) is 12.4 Å². The van der Waals surface area contributed by atoms with Gasteiger partial charge >= 0.3 is 0 Å². The molecule has 0 radical (unpaired) electrons. The van der Waals surface area contributed by atoms with E-state index in [2.05, 4.69) is 5.32 Å². The third-order valence-electron chi connectivity index (χ3n) is 5.25. The van der Waals surface area contributed by atoms with Crippen LogP contribution in [0.4, 0.5) is 5.69 Å². The Hall–Kier alpha value is -3.43. The van der Waals surface area contributed by atoms with E-state index in [0.29, 0.717) is 26.2 Å². The summed E-state index contributed by atoms with van der Waals surface area (Å²) < 4.78 is 3.73. The third kappa shape index (κ3) is 3.92. The van der Waals surface area contributed by atoms with Gasteiger partial charge in [-0.05, 0) is 42.8 Å². The van der Waals surface area contributed by atoms with Crippen LogP contribution < -0.4 is 10.9 Å². The van der Waals surface area contributed by atoms with E-state index in [0.717, 1.165) is 5.56 Å². The summed E-state index contributed by atoms with van der Waals surface area (Å²) in [7, 11) is 3.41. The molecule has 3 aromatic rings. The zero-order valence-electron chi connectivity index (χ0n) is 17.7. The number of hydrogen-bond acceptors (Lipinski definition) is 5. The minimum Gasteiger partial charge on any atom is -0.316 e. The van der Waals surface area contributed by atoms with Gasteiger partial charge in [-0.3, -0.25) is 24.0 Å². The van der Waals surface area contributed by atoms with Gasteiger partial charge in [0, 0.05) is 19.7 Å². The number of para-hydroxylation sites is 1. The van der Waals surface area contributed by atoms with Crippen molar-refractivity contribution in [1.82, 2.24) is 14.3 Å². The van der Waals surface area contributed by atoms with E-state index >= 15 is 0 Å². The number of carbonyl (C=O) groups is 2. The number of thiocarbonyl (C=S) groups is 1. The zero-order valence-corrected chi connectivity index (χ0v) is 19.3. The highest BCUT2D eigenvalue weighted by molar-refractivity contribution is 8.26. The summed E-state index contributed by atoms with van der Waals surface area (Å²) in [6.45, 7) is 1.78. The van der Waals surface area contributed by atoms with E-state index in [4.69, 9.17) is 12.2 Å². The lowest BCUT2D eigenvalue weighted by Gasteiger charge is -2.07. The van der Waals surface area contributed by atoms with Gasteiger partial charge in [0.25, 0.3) is 17.4 Å².